The van der Waals surface area contributed by atoms with Gasteiger partial charge in [0.25, 0.3) is 11.8 Å². The highest BCUT2D eigenvalue weighted by Crippen LogP contribution is 2.39. The van der Waals surface area contributed by atoms with Gasteiger partial charge < -0.3 is 14.5 Å². The fourth-order valence-electron chi connectivity index (χ4n) is 4.55. The number of benzene rings is 2. The van der Waals surface area contributed by atoms with Crippen LogP contribution >= 0.6 is 11.8 Å². The van der Waals surface area contributed by atoms with E-state index in [2.05, 4.69) is 7.05 Å². The van der Waals surface area contributed by atoms with E-state index in [1.54, 1.807) is 38.1 Å². The van der Waals surface area contributed by atoms with E-state index < -0.39 is 5.97 Å². The molecule has 8 heteroatoms. The van der Waals surface area contributed by atoms with Crippen molar-refractivity contribution in [1.82, 2.24) is 4.90 Å². The van der Waals surface area contributed by atoms with Crippen molar-refractivity contribution < 1.29 is 24.0 Å². The minimum Gasteiger partial charge on any atom is -0.459 e. The van der Waals surface area contributed by atoms with E-state index in [1.165, 1.54) is 21.6 Å². The van der Waals surface area contributed by atoms with E-state index >= 15 is 0 Å². The number of ether oxygens (including phenoxy) is 1. The number of hydrogen-bond acceptors (Lipinski definition) is 6. The molecule has 2 aromatic rings. The first-order valence-corrected chi connectivity index (χ1v) is 13.2. The van der Waals surface area contributed by atoms with Crippen LogP contribution in [0.5, 0.6) is 0 Å². The molecule has 4 rings (SSSR count). The average molecular weight is 509 g/mol. The van der Waals surface area contributed by atoms with Crippen LogP contribution in [0.2, 0.25) is 0 Å². The molecule has 0 aliphatic carbocycles. The van der Waals surface area contributed by atoms with E-state index in [0.29, 0.717) is 21.9 Å². The minimum absolute atomic E-state index is 0.196. The van der Waals surface area contributed by atoms with Gasteiger partial charge in [0.2, 0.25) is 0 Å². The summed E-state index contributed by atoms with van der Waals surface area (Å²) in [6.07, 6.45) is 1.69. The molecule has 2 aliphatic rings. The summed E-state index contributed by atoms with van der Waals surface area (Å²) in [5.74, 6) is -1.11. The molecule has 1 N–H and O–H groups in total. The maximum Gasteiger partial charge on any atom is 0.338 e. The zero-order valence-corrected chi connectivity index (χ0v) is 22.4. The number of piperidine rings is 1. The number of carbonyl (C=O) groups excluding carboxylic acids is 3. The number of likely N-dealkylation sites (N-methyl/N-ethyl adjacent to an activating group) is 1. The number of hydrogen-bond donors (Lipinski definition) is 1. The Morgan fingerprint density at radius 1 is 1.03 bits per heavy atom. The smallest absolute Gasteiger partial charge is 0.338 e. The number of amides is 2. The Kier molecular flexibility index (Phi) is 7.85. The molecule has 2 amide bonds. The van der Waals surface area contributed by atoms with Crippen molar-refractivity contribution >= 4 is 35.2 Å². The number of carbonyl (C=O) groups is 3. The molecule has 1 fully saturated rings. The Morgan fingerprint density at radius 3 is 2.22 bits per heavy atom. The maximum atomic E-state index is 13.8. The molecule has 2 aliphatic heterocycles. The Balaban J connectivity index is 1.65. The topological polar surface area (TPSA) is 71.4 Å². The summed E-state index contributed by atoms with van der Waals surface area (Å²) in [5, 5.41) is 0. The number of likely N-dealkylation sites (tertiary alicyclic amines) is 1. The summed E-state index contributed by atoms with van der Waals surface area (Å²) in [6, 6.07) is 14.6. The van der Waals surface area contributed by atoms with Gasteiger partial charge in [-0.15, -0.1) is 0 Å². The van der Waals surface area contributed by atoms with Crippen molar-refractivity contribution in [3.63, 3.8) is 0 Å². The standard InChI is InChI=1S/C28H33N3O4S/c1-18(2)35-28(34)20-8-10-22(11-9-20)31-26(32)24(30(5)21-14-16-29(4)17-15-21)25(27(31)33)36-23-12-6-19(3)7-13-23/h6-13,18,21H,14-17H2,1-5H3/p+1. The number of nitrogens with one attached hydrogen (secondary N) is 1. The molecule has 0 saturated carbocycles. The lowest BCUT2D eigenvalue weighted by molar-refractivity contribution is -0.885. The summed E-state index contributed by atoms with van der Waals surface area (Å²) >= 11 is 1.33. The second-order valence-electron chi connectivity index (χ2n) is 9.84. The third-order valence-corrected chi connectivity index (χ3v) is 7.75. The summed E-state index contributed by atoms with van der Waals surface area (Å²) < 4.78 is 5.25. The van der Waals surface area contributed by atoms with Gasteiger partial charge in [0, 0.05) is 30.8 Å². The Hall–Kier alpha value is -3.10. The molecule has 2 aromatic carbocycles. The second kappa shape index (κ2) is 10.9. The summed E-state index contributed by atoms with van der Waals surface area (Å²) in [5.41, 5.74) is 2.38. The van der Waals surface area contributed by atoms with Crippen molar-refractivity contribution in [1.29, 1.82) is 0 Å². The number of nitrogens with zero attached hydrogens (tertiary/aromatic N) is 2. The predicted molar refractivity (Wildman–Crippen MR) is 141 cm³/mol. The highest BCUT2D eigenvalue weighted by atomic mass is 32.2. The molecule has 0 radical (unpaired) electrons. The highest BCUT2D eigenvalue weighted by Gasteiger charge is 2.43. The number of thioether (sulfide) groups is 1. The number of anilines is 1. The van der Waals surface area contributed by atoms with E-state index in [1.807, 2.05) is 43.1 Å². The summed E-state index contributed by atoms with van der Waals surface area (Å²) in [6.45, 7) is 7.65. The van der Waals surface area contributed by atoms with Crippen LogP contribution in [-0.2, 0) is 14.3 Å². The maximum absolute atomic E-state index is 13.8. The molecule has 36 heavy (non-hydrogen) atoms. The van der Waals surface area contributed by atoms with Gasteiger partial charge in [-0.1, -0.05) is 29.5 Å². The van der Waals surface area contributed by atoms with Crippen LogP contribution in [0.4, 0.5) is 5.69 Å². The van der Waals surface area contributed by atoms with Gasteiger partial charge in [0.05, 0.1) is 37.5 Å². The lowest BCUT2D eigenvalue weighted by atomic mass is 10.0. The van der Waals surface area contributed by atoms with E-state index in [4.69, 9.17) is 4.74 Å². The van der Waals surface area contributed by atoms with Crippen LogP contribution in [0.25, 0.3) is 0 Å². The van der Waals surface area contributed by atoms with Gasteiger partial charge in [-0.2, -0.15) is 0 Å². The molecule has 0 bridgehead atoms. The Bertz CT molecular complexity index is 1170. The number of esters is 1. The van der Waals surface area contributed by atoms with Crippen molar-refractivity contribution in [3.05, 3.63) is 70.3 Å². The van der Waals surface area contributed by atoms with Crippen molar-refractivity contribution in [2.24, 2.45) is 0 Å². The van der Waals surface area contributed by atoms with Crippen LogP contribution in [0, 0.1) is 6.92 Å². The number of quaternary nitrogens is 1. The lowest BCUT2D eigenvalue weighted by Crippen LogP contribution is -3.10. The van der Waals surface area contributed by atoms with Gasteiger partial charge >= 0.3 is 5.97 Å². The molecule has 1 saturated heterocycles. The number of aryl methyl sites for hydroxylation is 1. The van der Waals surface area contributed by atoms with Gasteiger partial charge in [-0.05, 0) is 57.2 Å². The zero-order valence-electron chi connectivity index (χ0n) is 21.5. The van der Waals surface area contributed by atoms with E-state index in [-0.39, 0.29) is 24.0 Å². The molecule has 0 unspecified atom stereocenters. The van der Waals surface area contributed by atoms with E-state index in [0.717, 1.165) is 36.4 Å². The Morgan fingerprint density at radius 2 is 1.64 bits per heavy atom. The summed E-state index contributed by atoms with van der Waals surface area (Å²) in [4.78, 5) is 45.8. The molecular weight excluding hydrogens is 474 g/mol. The molecule has 0 atom stereocenters. The van der Waals surface area contributed by atoms with Gasteiger partial charge in [-0.3, -0.25) is 9.59 Å². The first kappa shape index (κ1) is 26.0. The lowest BCUT2D eigenvalue weighted by Gasteiger charge is -2.35. The van der Waals surface area contributed by atoms with Crippen LogP contribution in [0.1, 0.15) is 42.6 Å². The van der Waals surface area contributed by atoms with Crippen molar-refractivity contribution in [3.8, 4) is 0 Å². The summed E-state index contributed by atoms with van der Waals surface area (Å²) in [7, 11) is 4.11. The number of imide groups is 1. The fourth-order valence-corrected chi connectivity index (χ4v) is 5.57. The number of rotatable bonds is 7. The third kappa shape index (κ3) is 5.50. The third-order valence-electron chi connectivity index (χ3n) is 6.67. The SMILES string of the molecule is Cc1ccc(SC2=C(N(C)C3CC[NH+](C)CC3)C(=O)N(c3ccc(C(=O)OC(C)C)cc3)C2=O)cc1. The molecule has 7 nitrogen and oxygen atoms in total. The van der Waals surface area contributed by atoms with Gasteiger partial charge in [0.1, 0.15) is 10.6 Å². The predicted octanol–water partition coefficient (Wildman–Crippen LogP) is 3.05. The first-order valence-electron chi connectivity index (χ1n) is 12.4. The molecular formula is C28H34N3O4S+. The quantitative estimate of drug-likeness (QED) is 0.458. The largest absolute Gasteiger partial charge is 0.459 e. The normalized spacial score (nSPS) is 20.3. The minimum atomic E-state index is -0.436. The fraction of sp³-hybridized carbons (Fsp3) is 0.393. The molecule has 190 valence electrons. The van der Waals surface area contributed by atoms with Crippen molar-refractivity contribution in [2.45, 2.75) is 50.7 Å². The van der Waals surface area contributed by atoms with Gasteiger partial charge in [0.15, 0.2) is 0 Å². The van der Waals surface area contributed by atoms with E-state index in [9.17, 15) is 14.4 Å². The van der Waals surface area contributed by atoms with Crippen LogP contribution < -0.4 is 9.80 Å². The monoisotopic (exact) mass is 508 g/mol. The highest BCUT2D eigenvalue weighted by molar-refractivity contribution is 8.04. The van der Waals surface area contributed by atoms with Crippen LogP contribution in [0.15, 0.2) is 64.0 Å². The van der Waals surface area contributed by atoms with Crippen molar-refractivity contribution in [2.75, 3.05) is 32.1 Å². The van der Waals surface area contributed by atoms with Crippen LogP contribution in [0.3, 0.4) is 0 Å². The zero-order chi connectivity index (χ0) is 26.0. The first-order chi connectivity index (χ1) is 17.2. The average Bonchev–Trinajstić information content (AvgIpc) is 3.09. The second-order valence-corrected chi connectivity index (χ2v) is 10.9. The molecule has 0 aromatic heterocycles. The molecule has 2 heterocycles. The Labute approximate surface area is 217 Å². The van der Waals surface area contributed by atoms with Gasteiger partial charge in [-0.25, -0.2) is 9.69 Å². The molecule has 0 spiro atoms. The van der Waals surface area contributed by atoms with Crippen LogP contribution in [-0.4, -0.2) is 62.0 Å².